The van der Waals surface area contributed by atoms with E-state index in [9.17, 15) is 18.0 Å². The van der Waals surface area contributed by atoms with E-state index in [2.05, 4.69) is 4.98 Å². The van der Waals surface area contributed by atoms with Crippen molar-refractivity contribution in [2.45, 2.75) is 12.6 Å². The summed E-state index contributed by atoms with van der Waals surface area (Å²) in [5.74, 6) is -0.454. The zero-order valence-corrected chi connectivity index (χ0v) is 14.1. The van der Waals surface area contributed by atoms with Gasteiger partial charge in [-0.15, -0.1) is 0 Å². The molecule has 1 heterocycles. The Morgan fingerprint density at radius 3 is 2.38 bits per heavy atom. The number of rotatable bonds is 4. The molecule has 0 saturated heterocycles. The average molecular weight is 358 g/mol. The molecular formula is C20H17F3N2O. The van der Waals surface area contributed by atoms with Gasteiger partial charge in [-0.05, 0) is 12.1 Å². The maximum absolute atomic E-state index is 12.8. The quantitative estimate of drug-likeness (QED) is 0.663. The molecule has 0 atom stereocenters. The van der Waals surface area contributed by atoms with Gasteiger partial charge in [0.15, 0.2) is 0 Å². The monoisotopic (exact) mass is 358 g/mol. The number of carbonyl (C=O) groups is 1. The third kappa shape index (κ3) is 4.02. The van der Waals surface area contributed by atoms with Crippen molar-refractivity contribution in [1.29, 1.82) is 0 Å². The summed E-state index contributed by atoms with van der Waals surface area (Å²) in [6.45, 7) is -0.389. The van der Waals surface area contributed by atoms with Crippen LogP contribution in [0.15, 0.2) is 60.7 Å². The molecule has 0 saturated carbocycles. The lowest BCUT2D eigenvalue weighted by atomic mass is 10.0. The highest BCUT2D eigenvalue weighted by Crippen LogP contribution is 2.26. The Balaban J connectivity index is 2.02. The van der Waals surface area contributed by atoms with Gasteiger partial charge in [-0.3, -0.25) is 4.79 Å². The molecule has 1 amide bonds. The van der Waals surface area contributed by atoms with Crippen LogP contribution in [0.4, 0.5) is 13.2 Å². The standard InChI is InChI=1S/C20H17F3N2O/c1-25(12-11-20(21,22)23)19(26)16-13-18(14-7-3-2-4-8-14)24-17-10-6-5-9-15(16)17/h2-10,13H,11-12H2,1H3. The van der Waals surface area contributed by atoms with Crippen molar-refractivity contribution in [3.63, 3.8) is 0 Å². The molecule has 134 valence electrons. The van der Waals surface area contributed by atoms with Crippen LogP contribution in [0.2, 0.25) is 0 Å². The number of pyridine rings is 1. The first-order valence-electron chi connectivity index (χ1n) is 8.12. The Labute approximate surface area is 149 Å². The van der Waals surface area contributed by atoms with Crippen LogP contribution in [0.3, 0.4) is 0 Å². The van der Waals surface area contributed by atoms with Gasteiger partial charge in [0.25, 0.3) is 5.91 Å². The molecule has 0 spiro atoms. The van der Waals surface area contributed by atoms with E-state index in [4.69, 9.17) is 0 Å². The predicted octanol–water partition coefficient (Wildman–Crippen LogP) is 4.93. The molecule has 3 rings (SSSR count). The molecule has 0 radical (unpaired) electrons. The molecule has 3 nitrogen and oxygen atoms in total. The lowest BCUT2D eigenvalue weighted by Crippen LogP contribution is -2.30. The van der Waals surface area contributed by atoms with E-state index in [0.717, 1.165) is 10.5 Å². The highest BCUT2D eigenvalue weighted by molar-refractivity contribution is 6.07. The van der Waals surface area contributed by atoms with E-state index in [1.54, 1.807) is 24.3 Å². The van der Waals surface area contributed by atoms with Crippen molar-refractivity contribution >= 4 is 16.8 Å². The van der Waals surface area contributed by atoms with Crippen molar-refractivity contribution in [1.82, 2.24) is 9.88 Å². The maximum atomic E-state index is 12.8. The number of benzene rings is 2. The number of hydrogen-bond donors (Lipinski definition) is 0. The summed E-state index contributed by atoms with van der Waals surface area (Å²) in [5, 5.41) is 0.621. The van der Waals surface area contributed by atoms with Gasteiger partial charge in [0.1, 0.15) is 0 Å². The number of halogens is 3. The molecule has 1 aromatic heterocycles. The summed E-state index contributed by atoms with van der Waals surface area (Å²) < 4.78 is 37.4. The Morgan fingerprint density at radius 2 is 1.69 bits per heavy atom. The summed E-state index contributed by atoms with van der Waals surface area (Å²) in [4.78, 5) is 18.5. The largest absolute Gasteiger partial charge is 0.390 e. The Hall–Kier alpha value is -2.89. The van der Waals surface area contributed by atoms with Crippen molar-refractivity contribution < 1.29 is 18.0 Å². The van der Waals surface area contributed by atoms with Gasteiger partial charge in [0, 0.05) is 24.5 Å². The molecule has 0 aliphatic heterocycles. The number of hydrogen-bond acceptors (Lipinski definition) is 2. The van der Waals surface area contributed by atoms with E-state index in [1.165, 1.54) is 7.05 Å². The highest BCUT2D eigenvalue weighted by atomic mass is 19.4. The molecule has 2 aromatic carbocycles. The number of aromatic nitrogens is 1. The van der Waals surface area contributed by atoms with Crippen LogP contribution in [-0.4, -0.2) is 35.6 Å². The number of fused-ring (bicyclic) bond motifs is 1. The third-order valence-corrected chi connectivity index (χ3v) is 4.09. The number of nitrogens with zero attached hydrogens (tertiary/aromatic N) is 2. The summed E-state index contributed by atoms with van der Waals surface area (Å²) in [6, 6.07) is 18.1. The first-order valence-corrected chi connectivity index (χ1v) is 8.12. The zero-order valence-electron chi connectivity index (χ0n) is 14.1. The fraction of sp³-hybridized carbons (Fsp3) is 0.200. The number of amides is 1. The first-order chi connectivity index (χ1) is 12.3. The van der Waals surface area contributed by atoms with E-state index < -0.39 is 18.5 Å². The van der Waals surface area contributed by atoms with Crippen molar-refractivity contribution in [3.05, 3.63) is 66.2 Å². The minimum absolute atomic E-state index is 0.346. The summed E-state index contributed by atoms with van der Waals surface area (Å²) in [5.41, 5.74) is 2.42. The Kier molecular flexibility index (Phi) is 4.93. The van der Waals surface area contributed by atoms with Gasteiger partial charge in [-0.2, -0.15) is 13.2 Å². The molecule has 6 heteroatoms. The molecule has 0 aliphatic carbocycles. The topological polar surface area (TPSA) is 33.2 Å². The van der Waals surface area contributed by atoms with E-state index in [-0.39, 0.29) is 6.54 Å². The molecule has 0 N–H and O–H groups in total. The second-order valence-electron chi connectivity index (χ2n) is 6.03. The second-order valence-corrected chi connectivity index (χ2v) is 6.03. The van der Waals surface area contributed by atoms with E-state index in [0.29, 0.717) is 22.2 Å². The number of carbonyl (C=O) groups excluding carboxylic acids is 1. The summed E-state index contributed by atoms with van der Waals surface area (Å²) in [6.07, 6.45) is -5.34. The minimum atomic E-state index is -4.30. The molecule has 26 heavy (non-hydrogen) atoms. The van der Waals surface area contributed by atoms with Gasteiger partial charge in [0.2, 0.25) is 0 Å². The molecule has 0 bridgehead atoms. The smallest absolute Gasteiger partial charge is 0.341 e. The van der Waals surface area contributed by atoms with Crippen LogP contribution >= 0.6 is 0 Å². The van der Waals surface area contributed by atoms with Crippen molar-refractivity contribution in [2.24, 2.45) is 0 Å². The SMILES string of the molecule is CN(CCC(F)(F)F)C(=O)c1cc(-c2ccccc2)nc2ccccc12. The lowest BCUT2D eigenvalue weighted by Gasteiger charge is -2.19. The third-order valence-electron chi connectivity index (χ3n) is 4.09. The van der Waals surface area contributed by atoms with Gasteiger partial charge < -0.3 is 4.90 Å². The van der Waals surface area contributed by atoms with E-state index in [1.807, 2.05) is 36.4 Å². The summed E-state index contributed by atoms with van der Waals surface area (Å²) in [7, 11) is 1.38. The minimum Gasteiger partial charge on any atom is -0.341 e. The zero-order chi connectivity index (χ0) is 18.7. The van der Waals surface area contributed by atoms with Gasteiger partial charge in [0.05, 0.1) is 23.2 Å². The van der Waals surface area contributed by atoms with Crippen LogP contribution in [0.25, 0.3) is 22.2 Å². The fourth-order valence-electron chi connectivity index (χ4n) is 2.71. The average Bonchev–Trinajstić information content (AvgIpc) is 2.64. The van der Waals surface area contributed by atoms with Crippen LogP contribution < -0.4 is 0 Å². The highest BCUT2D eigenvalue weighted by Gasteiger charge is 2.28. The lowest BCUT2D eigenvalue weighted by molar-refractivity contribution is -0.136. The second kappa shape index (κ2) is 7.15. The van der Waals surface area contributed by atoms with Gasteiger partial charge in [-0.1, -0.05) is 48.5 Å². The molecule has 0 aliphatic rings. The predicted molar refractivity (Wildman–Crippen MR) is 94.8 cm³/mol. The normalized spacial score (nSPS) is 11.5. The van der Waals surface area contributed by atoms with Crippen molar-refractivity contribution in [3.8, 4) is 11.3 Å². The van der Waals surface area contributed by atoms with Gasteiger partial charge in [-0.25, -0.2) is 4.98 Å². The maximum Gasteiger partial charge on any atom is 0.390 e. The molecule has 0 fully saturated rings. The number of alkyl halides is 3. The molecular weight excluding hydrogens is 341 g/mol. The van der Waals surface area contributed by atoms with Crippen LogP contribution in [0.1, 0.15) is 16.8 Å². The number of para-hydroxylation sites is 1. The van der Waals surface area contributed by atoms with Crippen LogP contribution in [0, 0.1) is 0 Å². The Morgan fingerprint density at radius 1 is 1.04 bits per heavy atom. The first kappa shape index (κ1) is 17.9. The Bertz CT molecular complexity index is 923. The van der Waals surface area contributed by atoms with Gasteiger partial charge >= 0.3 is 6.18 Å². The molecule has 3 aromatic rings. The molecule has 0 unspecified atom stereocenters. The van der Waals surface area contributed by atoms with Crippen LogP contribution in [-0.2, 0) is 0 Å². The van der Waals surface area contributed by atoms with Crippen LogP contribution in [0.5, 0.6) is 0 Å². The fourth-order valence-corrected chi connectivity index (χ4v) is 2.71. The summed E-state index contributed by atoms with van der Waals surface area (Å²) >= 11 is 0. The van der Waals surface area contributed by atoms with Crippen molar-refractivity contribution in [2.75, 3.05) is 13.6 Å². The van der Waals surface area contributed by atoms with E-state index >= 15 is 0 Å².